The number of aromatic nitrogens is 2. The van der Waals surface area contributed by atoms with Gasteiger partial charge in [-0.3, -0.25) is 9.59 Å². The normalized spacial score (nSPS) is 14.8. The van der Waals surface area contributed by atoms with Crippen LogP contribution >= 0.6 is 11.8 Å². The molecule has 1 aliphatic heterocycles. The van der Waals surface area contributed by atoms with Crippen molar-refractivity contribution in [1.82, 2.24) is 19.8 Å². The molecule has 0 bridgehead atoms. The summed E-state index contributed by atoms with van der Waals surface area (Å²) in [6.45, 7) is 6.61. The minimum Gasteiger partial charge on any atom is -0.355 e. The predicted molar refractivity (Wildman–Crippen MR) is 106 cm³/mol. The molecular weight excluding hydrogens is 348 g/mol. The second-order valence-electron chi connectivity index (χ2n) is 6.50. The first kappa shape index (κ1) is 18.9. The Kier molecular flexibility index (Phi) is 6.68. The third-order valence-corrected chi connectivity index (χ3v) is 5.60. The Hall–Kier alpha value is -1.86. The van der Waals surface area contributed by atoms with E-state index in [1.165, 1.54) is 37.7 Å². The van der Waals surface area contributed by atoms with E-state index < -0.39 is 0 Å². The molecule has 0 radical (unpaired) electrons. The van der Waals surface area contributed by atoms with E-state index in [4.69, 9.17) is 0 Å². The molecule has 0 saturated carbocycles. The molecule has 26 heavy (non-hydrogen) atoms. The van der Waals surface area contributed by atoms with Gasteiger partial charge in [0.1, 0.15) is 0 Å². The maximum atomic E-state index is 12.6. The zero-order valence-corrected chi connectivity index (χ0v) is 16.1. The summed E-state index contributed by atoms with van der Waals surface area (Å²) in [6.07, 6.45) is 3.54. The number of thioether (sulfide) groups is 1. The van der Waals surface area contributed by atoms with Crippen LogP contribution in [-0.4, -0.2) is 52.3 Å². The Bertz CT molecular complexity index is 815. The highest BCUT2D eigenvalue weighted by molar-refractivity contribution is 7.99. The Labute approximate surface area is 158 Å². The van der Waals surface area contributed by atoms with Gasteiger partial charge < -0.3 is 14.8 Å². The van der Waals surface area contributed by atoms with Gasteiger partial charge in [0, 0.05) is 13.1 Å². The molecule has 7 heteroatoms. The van der Waals surface area contributed by atoms with Crippen molar-refractivity contribution < 1.29 is 4.79 Å². The number of para-hydroxylation sites is 2. The number of amides is 1. The predicted octanol–water partition coefficient (Wildman–Crippen LogP) is 2.11. The zero-order chi connectivity index (χ0) is 18.4. The van der Waals surface area contributed by atoms with E-state index in [-0.39, 0.29) is 17.2 Å². The molecule has 0 atom stereocenters. The van der Waals surface area contributed by atoms with Crippen LogP contribution in [0.2, 0.25) is 0 Å². The molecule has 1 aromatic carbocycles. The van der Waals surface area contributed by atoms with Gasteiger partial charge in [0.15, 0.2) is 5.03 Å². The molecule has 1 aromatic heterocycles. The minimum absolute atomic E-state index is 0.0474. The number of benzene rings is 1. The molecule has 1 saturated heterocycles. The van der Waals surface area contributed by atoms with Gasteiger partial charge in [-0.2, -0.15) is 0 Å². The number of carbonyl (C=O) groups is 1. The fourth-order valence-corrected chi connectivity index (χ4v) is 4.07. The third kappa shape index (κ3) is 4.65. The van der Waals surface area contributed by atoms with E-state index in [1.807, 2.05) is 31.2 Å². The van der Waals surface area contributed by atoms with Crippen LogP contribution in [0.4, 0.5) is 0 Å². The van der Waals surface area contributed by atoms with Crippen LogP contribution in [-0.2, 0) is 11.3 Å². The number of hydrogen-bond acceptors (Lipinski definition) is 5. The molecule has 1 amide bonds. The van der Waals surface area contributed by atoms with Crippen molar-refractivity contribution in [3.05, 3.63) is 34.6 Å². The third-order valence-electron chi connectivity index (χ3n) is 4.65. The number of rotatable bonds is 8. The van der Waals surface area contributed by atoms with E-state index in [1.54, 1.807) is 4.57 Å². The first-order valence-electron chi connectivity index (χ1n) is 9.30. The minimum atomic E-state index is -0.127. The second kappa shape index (κ2) is 9.19. The highest BCUT2D eigenvalue weighted by Gasteiger charge is 2.13. The number of aryl methyl sites for hydroxylation is 1. The van der Waals surface area contributed by atoms with E-state index in [2.05, 4.69) is 15.2 Å². The molecule has 140 valence electrons. The van der Waals surface area contributed by atoms with Crippen LogP contribution in [0.3, 0.4) is 0 Å². The molecule has 1 fully saturated rings. The van der Waals surface area contributed by atoms with Gasteiger partial charge in [-0.15, -0.1) is 0 Å². The summed E-state index contributed by atoms with van der Waals surface area (Å²) in [4.78, 5) is 31.5. The van der Waals surface area contributed by atoms with Crippen LogP contribution < -0.4 is 10.9 Å². The molecule has 2 aromatic rings. The van der Waals surface area contributed by atoms with Gasteiger partial charge in [0.25, 0.3) is 5.56 Å². The molecule has 3 rings (SSSR count). The van der Waals surface area contributed by atoms with Gasteiger partial charge >= 0.3 is 0 Å². The number of fused-ring (bicyclic) bond motifs is 1. The topological polar surface area (TPSA) is 67.2 Å². The van der Waals surface area contributed by atoms with Gasteiger partial charge in [-0.05, 0) is 58.0 Å². The highest BCUT2D eigenvalue weighted by atomic mass is 32.2. The average Bonchev–Trinajstić information content (AvgIpc) is 3.17. The number of likely N-dealkylation sites (tertiary alicyclic amines) is 1. The lowest BCUT2D eigenvalue weighted by atomic mass is 10.3. The lowest BCUT2D eigenvalue weighted by Gasteiger charge is -2.14. The number of carbonyl (C=O) groups excluding carboxylic acids is 1. The summed E-state index contributed by atoms with van der Waals surface area (Å²) in [7, 11) is 0. The number of nitrogens with zero attached hydrogens (tertiary/aromatic N) is 3. The first-order chi connectivity index (χ1) is 12.7. The quantitative estimate of drug-likeness (QED) is 0.566. The molecule has 0 spiro atoms. The van der Waals surface area contributed by atoms with Crippen LogP contribution in [0.25, 0.3) is 11.0 Å². The van der Waals surface area contributed by atoms with Gasteiger partial charge in [0.2, 0.25) is 5.91 Å². The molecule has 1 aliphatic rings. The molecule has 2 heterocycles. The smallest absolute Gasteiger partial charge is 0.283 e. The summed E-state index contributed by atoms with van der Waals surface area (Å²) >= 11 is 1.22. The lowest BCUT2D eigenvalue weighted by molar-refractivity contribution is -0.118. The van der Waals surface area contributed by atoms with E-state index in [0.717, 1.165) is 24.0 Å². The maximum absolute atomic E-state index is 12.6. The van der Waals surface area contributed by atoms with E-state index in [0.29, 0.717) is 18.1 Å². The Balaban J connectivity index is 1.53. The van der Waals surface area contributed by atoms with E-state index in [9.17, 15) is 9.59 Å². The second-order valence-corrected chi connectivity index (χ2v) is 7.46. The highest BCUT2D eigenvalue weighted by Crippen LogP contribution is 2.16. The van der Waals surface area contributed by atoms with Crippen molar-refractivity contribution in [1.29, 1.82) is 0 Å². The average molecular weight is 375 g/mol. The summed E-state index contributed by atoms with van der Waals surface area (Å²) in [5.74, 6) is 0.169. The van der Waals surface area contributed by atoms with Gasteiger partial charge in [-0.25, -0.2) is 4.98 Å². The van der Waals surface area contributed by atoms with Crippen molar-refractivity contribution in [2.75, 3.05) is 31.9 Å². The Morgan fingerprint density at radius 2 is 2.04 bits per heavy atom. The molecule has 0 unspecified atom stereocenters. The van der Waals surface area contributed by atoms with Crippen LogP contribution in [0.1, 0.15) is 26.2 Å². The first-order valence-corrected chi connectivity index (χ1v) is 10.3. The van der Waals surface area contributed by atoms with Gasteiger partial charge in [-0.1, -0.05) is 23.9 Å². The summed E-state index contributed by atoms with van der Waals surface area (Å²) in [6, 6.07) is 7.59. The van der Waals surface area contributed by atoms with Crippen LogP contribution in [0.5, 0.6) is 0 Å². The van der Waals surface area contributed by atoms with Crippen LogP contribution in [0.15, 0.2) is 34.1 Å². The number of hydrogen-bond donors (Lipinski definition) is 1. The van der Waals surface area contributed by atoms with Crippen molar-refractivity contribution in [3.63, 3.8) is 0 Å². The largest absolute Gasteiger partial charge is 0.355 e. The van der Waals surface area contributed by atoms with Crippen LogP contribution in [0, 0.1) is 0 Å². The molecule has 0 aliphatic carbocycles. The van der Waals surface area contributed by atoms with Crippen molar-refractivity contribution in [2.24, 2.45) is 0 Å². The molecular formula is C19H26N4O2S. The Morgan fingerprint density at radius 3 is 2.81 bits per heavy atom. The fourth-order valence-electron chi connectivity index (χ4n) is 3.30. The summed E-state index contributed by atoms with van der Waals surface area (Å²) < 4.78 is 1.71. The van der Waals surface area contributed by atoms with Gasteiger partial charge in [0.05, 0.1) is 16.8 Å². The monoisotopic (exact) mass is 374 g/mol. The number of nitrogens with one attached hydrogen (secondary N) is 1. The lowest BCUT2D eigenvalue weighted by Crippen LogP contribution is -2.30. The Morgan fingerprint density at radius 1 is 1.27 bits per heavy atom. The molecule has 1 N–H and O–H groups in total. The van der Waals surface area contributed by atoms with E-state index >= 15 is 0 Å². The fraction of sp³-hybridized carbons (Fsp3) is 0.526. The zero-order valence-electron chi connectivity index (χ0n) is 15.2. The summed E-state index contributed by atoms with van der Waals surface area (Å²) in [5, 5.41) is 3.33. The summed E-state index contributed by atoms with van der Waals surface area (Å²) in [5.41, 5.74) is 1.48. The standard InChI is InChI=1S/C19H26N4O2S/c1-2-23-16-9-4-3-8-15(16)21-18(19(23)25)26-14-17(24)20-10-7-13-22-11-5-6-12-22/h3-4,8-9H,2,5-7,10-14H2,1H3,(H,20,24). The maximum Gasteiger partial charge on any atom is 0.283 e. The molecule has 6 nitrogen and oxygen atoms in total. The SMILES string of the molecule is CCn1c(=O)c(SCC(=O)NCCCN2CCCC2)nc2ccccc21. The van der Waals surface area contributed by atoms with Crippen molar-refractivity contribution in [2.45, 2.75) is 37.8 Å². The van der Waals surface area contributed by atoms with Crippen molar-refractivity contribution >= 4 is 28.7 Å². The van der Waals surface area contributed by atoms with Crippen molar-refractivity contribution in [3.8, 4) is 0 Å².